The molecule has 108 valence electrons. The number of aromatic nitrogens is 3. The molecule has 0 fully saturated rings. The fraction of sp³-hybridized carbons (Fsp3) is 0.417. The molecule has 0 aliphatic carbocycles. The van der Waals surface area contributed by atoms with E-state index in [1.807, 2.05) is 6.92 Å². The van der Waals surface area contributed by atoms with E-state index in [0.717, 1.165) is 25.2 Å². The van der Waals surface area contributed by atoms with Crippen LogP contribution >= 0.6 is 0 Å². The van der Waals surface area contributed by atoms with Gasteiger partial charge in [-0.15, -0.1) is 10.2 Å². The molecule has 0 radical (unpaired) electrons. The number of halogens is 3. The third kappa shape index (κ3) is 3.53. The van der Waals surface area contributed by atoms with Crippen molar-refractivity contribution in [1.82, 2.24) is 20.5 Å². The summed E-state index contributed by atoms with van der Waals surface area (Å²) in [4.78, 5) is 3.69. The summed E-state index contributed by atoms with van der Waals surface area (Å²) < 4.78 is 42.5. The van der Waals surface area contributed by atoms with Gasteiger partial charge >= 0.3 is 6.18 Å². The Labute approximate surface area is 113 Å². The quantitative estimate of drug-likeness (QED) is 0.856. The fourth-order valence-corrected chi connectivity index (χ4v) is 1.49. The summed E-state index contributed by atoms with van der Waals surface area (Å²) in [7, 11) is 0. The van der Waals surface area contributed by atoms with Crippen molar-refractivity contribution in [2.24, 2.45) is 0 Å². The zero-order valence-electron chi connectivity index (χ0n) is 10.7. The first-order chi connectivity index (χ1) is 9.50. The molecule has 0 atom stereocenters. The summed E-state index contributed by atoms with van der Waals surface area (Å²) in [6.45, 7) is 3.26. The molecule has 2 aromatic heterocycles. The van der Waals surface area contributed by atoms with Gasteiger partial charge in [0.2, 0.25) is 5.89 Å². The number of hydrogen-bond donors (Lipinski definition) is 1. The van der Waals surface area contributed by atoms with Gasteiger partial charge in [-0.05, 0) is 25.1 Å². The van der Waals surface area contributed by atoms with Gasteiger partial charge < -0.3 is 9.73 Å². The minimum absolute atomic E-state index is 0.104. The van der Waals surface area contributed by atoms with Crippen LogP contribution in [0.2, 0.25) is 0 Å². The van der Waals surface area contributed by atoms with Crippen LogP contribution in [0, 0.1) is 0 Å². The number of alkyl halides is 3. The van der Waals surface area contributed by atoms with E-state index in [1.165, 1.54) is 6.07 Å². The Bertz CT molecular complexity index is 551. The maximum atomic E-state index is 12.4. The predicted octanol–water partition coefficient (Wildman–Crippen LogP) is 2.65. The molecule has 0 aromatic carbocycles. The van der Waals surface area contributed by atoms with Crippen molar-refractivity contribution in [3.63, 3.8) is 0 Å². The Morgan fingerprint density at radius 1 is 1.25 bits per heavy atom. The largest absolute Gasteiger partial charge is 0.418 e. The lowest BCUT2D eigenvalue weighted by Crippen LogP contribution is -2.13. The van der Waals surface area contributed by atoms with E-state index in [1.54, 1.807) is 0 Å². The van der Waals surface area contributed by atoms with E-state index in [2.05, 4.69) is 20.5 Å². The Hall–Kier alpha value is -1.96. The van der Waals surface area contributed by atoms with Crippen molar-refractivity contribution in [3.8, 4) is 11.6 Å². The minimum Gasteiger partial charge on any atom is -0.418 e. The zero-order valence-corrected chi connectivity index (χ0v) is 10.7. The third-order valence-corrected chi connectivity index (χ3v) is 2.48. The molecule has 2 heterocycles. The fourth-order valence-electron chi connectivity index (χ4n) is 1.49. The Morgan fingerprint density at radius 2 is 2.05 bits per heavy atom. The van der Waals surface area contributed by atoms with Gasteiger partial charge in [-0.3, -0.25) is 4.98 Å². The van der Waals surface area contributed by atoms with Gasteiger partial charge in [0.25, 0.3) is 5.89 Å². The van der Waals surface area contributed by atoms with E-state index in [-0.39, 0.29) is 11.6 Å². The number of rotatable bonds is 5. The second kappa shape index (κ2) is 6.00. The highest BCUT2D eigenvalue weighted by atomic mass is 19.4. The van der Waals surface area contributed by atoms with Crippen molar-refractivity contribution >= 4 is 0 Å². The molecule has 0 unspecified atom stereocenters. The summed E-state index contributed by atoms with van der Waals surface area (Å²) >= 11 is 0. The summed E-state index contributed by atoms with van der Waals surface area (Å²) in [5.74, 6) is 0.474. The molecule has 0 saturated carbocycles. The lowest BCUT2D eigenvalue weighted by Gasteiger charge is -2.05. The highest BCUT2D eigenvalue weighted by Gasteiger charge is 2.30. The van der Waals surface area contributed by atoms with Gasteiger partial charge in [-0.2, -0.15) is 13.2 Å². The maximum Gasteiger partial charge on any atom is 0.417 e. The van der Waals surface area contributed by atoms with Crippen LogP contribution in [0.4, 0.5) is 13.2 Å². The molecule has 2 aromatic rings. The van der Waals surface area contributed by atoms with Crippen LogP contribution in [0.1, 0.15) is 24.8 Å². The molecule has 20 heavy (non-hydrogen) atoms. The maximum absolute atomic E-state index is 12.4. The highest BCUT2D eigenvalue weighted by molar-refractivity contribution is 5.46. The number of nitrogens with one attached hydrogen (secondary N) is 1. The Balaban J connectivity index is 2.08. The second-order valence-corrected chi connectivity index (χ2v) is 4.11. The van der Waals surface area contributed by atoms with Crippen LogP contribution in [0.15, 0.2) is 22.7 Å². The lowest BCUT2D eigenvalue weighted by molar-refractivity contribution is -0.137. The molecule has 2 rings (SSSR count). The molecule has 0 amide bonds. The van der Waals surface area contributed by atoms with Crippen LogP contribution in [0.3, 0.4) is 0 Å². The van der Waals surface area contributed by atoms with E-state index >= 15 is 0 Å². The molecule has 5 nitrogen and oxygen atoms in total. The molecular weight excluding hydrogens is 273 g/mol. The van der Waals surface area contributed by atoms with Gasteiger partial charge in [-0.1, -0.05) is 6.92 Å². The average Bonchev–Trinajstić information content (AvgIpc) is 2.87. The third-order valence-electron chi connectivity index (χ3n) is 2.48. The summed E-state index contributed by atoms with van der Waals surface area (Å²) in [6.07, 6.45) is -2.69. The van der Waals surface area contributed by atoms with E-state index in [0.29, 0.717) is 12.4 Å². The number of nitrogens with zero attached hydrogens (tertiary/aromatic N) is 3. The van der Waals surface area contributed by atoms with E-state index < -0.39 is 11.7 Å². The first-order valence-electron chi connectivity index (χ1n) is 6.07. The summed E-state index contributed by atoms with van der Waals surface area (Å²) in [5, 5.41) is 10.6. The summed E-state index contributed by atoms with van der Waals surface area (Å²) in [5.41, 5.74) is -0.599. The molecule has 0 bridgehead atoms. The van der Waals surface area contributed by atoms with Gasteiger partial charge in [0.1, 0.15) is 5.69 Å². The zero-order chi connectivity index (χ0) is 14.6. The summed E-state index contributed by atoms with van der Waals surface area (Å²) in [6, 6.07) is 2.14. The van der Waals surface area contributed by atoms with E-state index in [9.17, 15) is 13.2 Å². The van der Waals surface area contributed by atoms with Crippen molar-refractivity contribution in [1.29, 1.82) is 0 Å². The minimum atomic E-state index is -4.41. The monoisotopic (exact) mass is 286 g/mol. The molecular formula is C12H13F3N4O. The van der Waals surface area contributed by atoms with E-state index in [4.69, 9.17) is 4.42 Å². The number of hydrogen-bond acceptors (Lipinski definition) is 5. The highest BCUT2D eigenvalue weighted by Crippen LogP contribution is 2.29. The lowest BCUT2D eigenvalue weighted by atomic mass is 10.2. The van der Waals surface area contributed by atoms with Crippen LogP contribution < -0.4 is 5.32 Å². The SMILES string of the molecule is CCCNCc1nnc(-c2ccc(C(F)(F)F)cn2)o1. The van der Waals surface area contributed by atoms with Crippen LogP contribution in [0.5, 0.6) is 0 Å². The average molecular weight is 286 g/mol. The van der Waals surface area contributed by atoms with Crippen molar-refractivity contribution in [3.05, 3.63) is 29.8 Å². The van der Waals surface area contributed by atoms with Gasteiger partial charge in [-0.25, -0.2) is 0 Å². The predicted molar refractivity (Wildman–Crippen MR) is 64.5 cm³/mol. The molecule has 8 heteroatoms. The van der Waals surface area contributed by atoms with Crippen molar-refractivity contribution < 1.29 is 17.6 Å². The van der Waals surface area contributed by atoms with Gasteiger partial charge in [0, 0.05) is 6.20 Å². The van der Waals surface area contributed by atoms with Crippen molar-refractivity contribution in [2.75, 3.05) is 6.54 Å². The Kier molecular flexibility index (Phi) is 4.33. The van der Waals surface area contributed by atoms with Crippen molar-refractivity contribution in [2.45, 2.75) is 26.1 Å². The van der Waals surface area contributed by atoms with Crippen LogP contribution in [-0.2, 0) is 12.7 Å². The Morgan fingerprint density at radius 3 is 2.65 bits per heavy atom. The van der Waals surface area contributed by atoms with Gasteiger partial charge in [0.15, 0.2) is 0 Å². The first kappa shape index (κ1) is 14.4. The number of pyridine rings is 1. The molecule has 0 saturated heterocycles. The topological polar surface area (TPSA) is 63.8 Å². The second-order valence-electron chi connectivity index (χ2n) is 4.11. The standard InChI is InChI=1S/C12H13F3N4O/c1-2-5-16-7-10-18-19-11(20-10)9-4-3-8(6-17-9)12(13,14)15/h3-4,6,16H,2,5,7H2,1H3. The molecule has 0 aliphatic rings. The van der Waals surface area contributed by atoms with Gasteiger partial charge in [0.05, 0.1) is 12.1 Å². The first-order valence-corrected chi connectivity index (χ1v) is 6.07. The van der Waals surface area contributed by atoms with Crippen LogP contribution in [-0.4, -0.2) is 21.7 Å². The molecule has 0 aliphatic heterocycles. The normalized spacial score (nSPS) is 11.8. The smallest absolute Gasteiger partial charge is 0.417 e. The molecule has 0 spiro atoms. The van der Waals surface area contributed by atoms with Crippen LogP contribution in [0.25, 0.3) is 11.6 Å². The molecule has 1 N–H and O–H groups in total.